The Morgan fingerprint density at radius 2 is 2.16 bits per heavy atom. The summed E-state index contributed by atoms with van der Waals surface area (Å²) in [5, 5.41) is 13.4. The van der Waals surface area contributed by atoms with Crippen LogP contribution in [0.4, 0.5) is 0 Å². The molecule has 4 heteroatoms. The highest BCUT2D eigenvalue weighted by Crippen LogP contribution is 2.41. The first-order valence-corrected chi connectivity index (χ1v) is 6.52. The van der Waals surface area contributed by atoms with E-state index in [1.165, 1.54) is 12.8 Å². The molecule has 0 spiro atoms. The van der Waals surface area contributed by atoms with Crippen LogP contribution in [0.5, 0.6) is 0 Å². The van der Waals surface area contributed by atoms with Crippen molar-refractivity contribution >= 4 is 5.97 Å². The van der Waals surface area contributed by atoms with E-state index in [1.807, 2.05) is 41.9 Å². The minimum absolute atomic E-state index is 0.0153. The van der Waals surface area contributed by atoms with E-state index in [1.54, 1.807) is 0 Å². The fraction of sp³-hybridized carbons (Fsp3) is 0.333. The van der Waals surface area contributed by atoms with Gasteiger partial charge in [-0.3, -0.25) is 4.79 Å². The molecule has 4 nitrogen and oxygen atoms in total. The van der Waals surface area contributed by atoms with E-state index in [4.69, 9.17) is 5.11 Å². The van der Waals surface area contributed by atoms with Crippen molar-refractivity contribution in [2.45, 2.75) is 32.1 Å². The van der Waals surface area contributed by atoms with Crippen molar-refractivity contribution in [1.82, 2.24) is 9.78 Å². The average molecular weight is 256 g/mol. The molecular formula is C15H16N2O2. The number of aromatic nitrogens is 2. The highest BCUT2D eigenvalue weighted by molar-refractivity contribution is 5.69. The fourth-order valence-corrected chi connectivity index (χ4v) is 2.35. The normalized spacial score (nSPS) is 14.6. The van der Waals surface area contributed by atoms with Crippen molar-refractivity contribution in [1.29, 1.82) is 0 Å². The van der Waals surface area contributed by atoms with E-state index in [0.29, 0.717) is 11.6 Å². The second-order valence-electron chi connectivity index (χ2n) is 5.10. The van der Waals surface area contributed by atoms with Crippen LogP contribution in [0.15, 0.2) is 30.3 Å². The topological polar surface area (TPSA) is 55.1 Å². The number of nitrogens with zero attached hydrogens (tertiary/aromatic N) is 2. The molecule has 0 atom stereocenters. The molecule has 3 rings (SSSR count). The number of carboxylic acids is 1. The molecule has 0 saturated heterocycles. The van der Waals surface area contributed by atoms with Crippen molar-refractivity contribution in [2.75, 3.05) is 0 Å². The first-order chi connectivity index (χ1) is 9.15. The number of benzene rings is 1. The Labute approximate surface area is 111 Å². The van der Waals surface area contributed by atoms with Gasteiger partial charge in [-0.1, -0.05) is 18.2 Å². The predicted molar refractivity (Wildman–Crippen MR) is 71.6 cm³/mol. The van der Waals surface area contributed by atoms with Gasteiger partial charge in [0, 0.05) is 11.6 Å². The smallest absolute Gasteiger partial charge is 0.309 e. The van der Waals surface area contributed by atoms with Gasteiger partial charge in [-0.2, -0.15) is 5.10 Å². The summed E-state index contributed by atoms with van der Waals surface area (Å²) in [6.45, 7) is 2.05. The summed E-state index contributed by atoms with van der Waals surface area (Å²) in [7, 11) is 0. The number of rotatable bonds is 4. The number of hydrogen-bond donors (Lipinski definition) is 1. The summed E-state index contributed by atoms with van der Waals surface area (Å²) in [6, 6.07) is 10.00. The Bertz CT molecular complexity index is 627. The molecule has 2 aromatic rings. The number of aryl methyl sites for hydroxylation is 1. The molecule has 1 saturated carbocycles. The molecule has 0 unspecified atom stereocenters. The van der Waals surface area contributed by atoms with Crippen LogP contribution >= 0.6 is 0 Å². The van der Waals surface area contributed by atoms with Gasteiger partial charge in [0.1, 0.15) is 0 Å². The van der Waals surface area contributed by atoms with Gasteiger partial charge in [0.25, 0.3) is 0 Å². The van der Waals surface area contributed by atoms with Crippen LogP contribution in [0.2, 0.25) is 0 Å². The molecule has 1 aromatic heterocycles. The van der Waals surface area contributed by atoms with Gasteiger partial charge in [0.2, 0.25) is 0 Å². The van der Waals surface area contributed by atoms with Crippen LogP contribution < -0.4 is 0 Å². The van der Waals surface area contributed by atoms with Crippen LogP contribution in [0.3, 0.4) is 0 Å². The molecular weight excluding hydrogens is 240 g/mol. The lowest BCUT2D eigenvalue weighted by Gasteiger charge is -2.09. The second kappa shape index (κ2) is 4.53. The van der Waals surface area contributed by atoms with Gasteiger partial charge in [-0.25, -0.2) is 4.68 Å². The summed E-state index contributed by atoms with van der Waals surface area (Å²) >= 11 is 0. The molecule has 0 radical (unpaired) electrons. The number of carbonyl (C=O) groups is 1. The number of aliphatic carboxylic acids is 1. The lowest BCUT2D eigenvalue weighted by atomic mass is 10.2. The van der Waals surface area contributed by atoms with Gasteiger partial charge in [-0.15, -0.1) is 0 Å². The molecule has 1 aromatic carbocycles. The lowest BCUT2D eigenvalue weighted by Crippen LogP contribution is -2.05. The molecule has 1 aliphatic rings. The zero-order chi connectivity index (χ0) is 13.4. The molecule has 1 N–H and O–H groups in total. The van der Waals surface area contributed by atoms with E-state index in [0.717, 1.165) is 16.9 Å². The molecule has 1 fully saturated rings. The van der Waals surface area contributed by atoms with Crippen molar-refractivity contribution < 1.29 is 9.90 Å². The Morgan fingerprint density at radius 1 is 1.42 bits per heavy atom. The zero-order valence-corrected chi connectivity index (χ0v) is 10.8. The van der Waals surface area contributed by atoms with Gasteiger partial charge >= 0.3 is 5.97 Å². The highest BCUT2D eigenvalue weighted by atomic mass is 16.4. The molecule has 19 heavy (non-hydrogen) atoms. The Kier molecular flexibility index (Phi) is 2.85. The van der Waals surface area contributed by atoms with Crippen molar-refractivity contribution in [3.8, 4) is 5.69 Å². The fourth-order valence-electron chi connectivity index (χ4n) is 2.35. The zero-order valence-electron chi connectivity index (χ0n) is 10.8. The van der Waals surface area contributed by atoms with Crippen LogP contribution in [0.25, 0.3) is 5.69 Å². The first kappa shape index (κ1) is 12.0. The van der Waals surface area contributed by atoms with E-state index in [-0.39, 0.29) is 6.42 Å². The van der Waals surface area contributed by atoms with Crippen LogP contribution in [0, 0.1) is 6.92 Å². The molecule has 1 aliphatic carbocycles. The molecule has 0 amide bonds. The minimum Gasteiger partial charge on any atom is -0.481 e. The van der Waals surface area contributed by atoms with Crippen molar-refractivity contribution in [3.63, 3.8) is 0 Å². The van der Waals surface area contributed by atoms with Crippen LogP contribution in [-0.2, 0) is 11.2 Å². The van der Waals surface area contributed by atoms with Crippen molar-refractivity contribution in [3.05, 3.63) is 47.3 Å². The van der Waals surface area contributed by atoms with Gasteiger partial charge in [-0.05, 0) is 37.5 Å². The lowest BCUT2D eigenvalue weighted by molar-refractivity contribution is -0.136. The summed E-state index contributed by atoms with van der Waals surface area (Å²) in [5.41, 5.74) is 3.97. The maximum absolute atomic E-state index is 10.8. The third-order valence-corrected chi connectivity index (χ3v) is 3.46. The summed E-state index contributed by atoms with van der Waals surface area (Å²) in [5.74, 6) is -0.300. The predicted octanol–water partition coefficient (Wildman–Crippen LogP) is 2.69. The van der Waals surface area contributed by atoms with E-state index in [2.05, 4.69) is 5.10 Å². The van der Waals surface area contributed by atoms with Gasteiger partial charge in [0.15, 0.2) is 0 Å². The largest absolute Gasteiger partial charge is 0.481 e. The average Bonchev–Trinajstić information content (AvgIpc) is 3.12. The quantitative estimate of drug-likeness (QED) is 0.915. The third-order valence-electron chi connectivity index (χ3n) is 3.46. The number of para-hydroxylation sites is 1. The minimum atomic E-state index is -0.836. The Morgan fingerprint density at radius 3 is 2.79 bits per heavy atom. The highest BCUT2D eigenvalue weighted by Gasteiger charge is 2.29. The molecule has 0 bridgehead atoms. The monoisotopic (exact) mass is 256 g/mol. The summed E-state index contributed by atoms with van der Waals surface area (Å²) in [6.07, 6.45) is 2.33. The molecule has 98 valence electrons. The molecule has 0 aliphatic heterocycles. The number of hydrogen-bond acceptors (Lipinski definition) is 2. The standard InChI is InChI=1S/C15H16N2O2/c1-10-4-2-3-5-13(10)17-14(11-6-7-11)8-12(16-17)9-15(18)19/h2-5,8,11H,6-7,9H2,1H3,(H,18,19). The van der Waals surface area contributed by atoms with Gasteiger partial charge < -0.3 is 5.11 Å². The second-order valence-corrected chi connectivity index (χ2v) is 5.10. The maximum atomic E-state index is 10.8. The van der Waals surface area contributed by atoms with Crippen LogP contribution in [-0.4, -0.2) is 20.9 Å². The van der Waals surface area contributed by atoms with E-state index < -0.39 is 5.97 Å². The third kappa shape index (κ3) is 2.38. The molecule has 1 heterocycles. The van der Waals surface area contributed by atoms with Crippen LogP contribution in [0.1, 0.15) is 35.7 Å². The summed E-state index contributed by atoms with van der Waals surface area (Å²) < 4.78 is 1.92. The number of carboxylic acid groups (broad SMARTS) is 1. The SMILES string of the molecule is Cc1ccccc1-n1nc(CC(=O)O)cc1C1CC1. The van der Waals surface area contributed by atoms with E-state index >= 15 is 0 Å². The first-order valence-electron chi connectivity index (χ1n) is 6.52. The van der Waals surface area contributed by atoms with Crippen molar-refractivity contribution in [2.24, 2.45) is 0 Å². The maximum Gasteiger partial charge on any atom is 0.309 e. The Balaban J connectivity index is 2.06. The Hall–Kier alpha value is -2.10. The summed E-state index contributed by atoms with van der Waals surface area (Å²) in [4.78, 5) is 10.8. The van der Waals surface area contributed by atoms with E-state index in [9.17, 15) is 4.79 Å². The van der Waals surface area contributed by atoms with Gasteiger partial charge in [0.05, 0.1) is 17.8 Å².